The molecule has 1 aliphatic rings. The Bertz CT molecular complexity index is 939. The van der Waals surface area contributed by atoms with Crippen molar-refractivity contribution in [2.24, 2.45) is 5.92 Å². The minimum Gasteiger partial charge on any atom is -0.497 e. The van der Waals surface area contributed by atoms with Gasteiger partial charge in [0.25, 0.3) is 0 Å². The molecule has 1 saturated carbocycles. The van der Waals surface area contributed by atoms with Gasteiger partial charge in [0, 0.05) is 0 Å². The van der Waals surface area contributed by atoms with E-state index in [9.17, 15) is 5.11 Å². The topological polar surface area (TPSA) is 46.8 Å². The van der Waals surface area contributed by atoms with E-state index in [4.69, 9.17) is 4.74 Å². The number of ether oxygens (including phenoxy) is 1. The largest absolute Gasteiger partial charge is 0.497 e. The molecule has 0 amide bonds. The average Bonchev–Trinajstić information content (AvgIpc) is 3.21. The Morgan fingerprint density at radius 1 is 1.11 bits per heavy atom. The molecule has 4 heteroatoms. The summed E-state index contributed by atoms with van der Waals surface area (Å²) in [6, 6.07) is 12.7. The number of aromatic nitrogens is 2. The zero-order valence-corrected chi connectivity index (χ0v) is 17.0. The molecule has 0 radical (unpaired) electrons. The highest BCUT2D eigenvalue weighted by atomic mass is 16.5. The fourth-order valence-corrected chi connectivity index (χ4v) is 4.72. The van der Waals surface area contributed by atoms with Gasteiger partial charge in [-0.3, -0.25) is 0 Å². The second-order valence-electron chi connectivity index (χ2n) is 8.35. The third kappa shape index (κ3) is 3.53. The van der Waals surface area contributed by atoms with E-state index in [-0.39, 0.29) is 5.92 Å². The van der Waals surface area contributed by atoms with Crippen molar-refractivity contribution in [1.82, 2.24) is 9.38 Å². The lowest BCUT2D eigenvalue weighted by molar-refractivity contribution is 0.0752. The molecule has 2 heterocycles. The van der Waals surface area contributed by atoms with Crippen LogP contribution in [0.4, 0.5) is 0 Å². The molecule has 0 bridgehead atoms. The number of aliphatic hydroxyl groups is 1. The number of aliphatic hydroxyl groups excluding tert-OH is 1. The SMILES string of the molecule is COc1cccc([C@H]2CC[C@H]([C@H](O)c3c(C(C)C)ccc4cncn34)CC2)c1. The Morgan fingerprint density at radius 2 is 1.89 bits per heavy atom. The summed E-state index contributed by atoms with van der Waals surface area (Å²) in [7, 11) is 1.72. The van der Waals surface area contributed by atoms with Crippen molar-refractivity contribution in [2.45, 2.75) is 57.5 Å². The van der Waals surface area contributed by atoms with E-state index in [1.165, 1.54) is 11.1 Å². The summed E-state index contributed by atoms with van der Waals surface area (Å²) < 4.78 is 7.46. The lowest BCUT2D eigenvalue weighted by Gasteiger charge is -2.33. The number of methoxy groups -OCH3 is 1. The third-order valence-electron chi connectivity index (χ3n) is 6.34. The summed E-state index contributed by atoms with van der Waals surface area (Å²) in [6.07, 6.45) is 7.51. The zero-order chi connectivity index (χ0) is 19.7. The van der Waals surface area contributed by atoms with Gasteiger partial charge in [-0.15, -0.1) is 0 Å². The van der Waals surface area contributed by atoms with Crippen LogP contribution in [0.3, 0.4) is 0 Å². The van der Waals surface area contributed by atoms with E-state index >= 15 is 0 Å². The van der Waals surface area contributed by atoms with E-state index in [0.29, 0.717) is 11.8 Å². The van der Waals surface area contributed by atoms with Crippen molar-refractivity contribution in [2.75, 3.05) is 7.11 Å². The van der Waals surface area contributed by atoms with Gasteiger partial charge in [0.1, 0.15) is 5.75 Å². The number of rotatable bonds is 5. The van der Waals surface area contributed by atoms with Crippen LogP contribution in [-0.4, -0.2) is 21.6 Å². The van der Waals surface area contributed by atoms with E-state index in [1.54, 1.807) is 7.11 Å². The molecular formula is C24H30N2O2. The van der Waals surface area contributed by atoms with Gasteiger partial charge in [0.2, 0.25) is 0 Å². The average molecular weight is 379 g/mol. The number of imidazole rings is 1. The second kappa shape index (κ2) is 7.96. The normalized spacial score (nSPS) is 21.2. The van der Waals surface area contributed by atoms with Crippen molar-refractivity contribution in [3.8, 4) is 5.75 Å². The molecule has 0 aliphatic heterocycles. The quantitative estimate of drug-likeness (QED) is 0.640. The molecule has 4 nitrogen and oxygen atoms in total. The Kier molecular flexibility index (Phi) is 5.40. The van der Waals surface area contributed by atoms with Crippen molar-refractivity contribution in [1.29, 1.82) is 0 Å². The van der Waals surface area contributed by atoms with Gasteiger partial charge in [-0.1, -0.05) is 32.0 Å². The number of benzene rings is 1. The van der Waals surface area contributed by atoms with E-state index < -0.39 is 6.10 Å². The first-order chi connectivity index (χ1) is 13.6. The van der Waals surface area contributed by atoms with Crippen LogP contribution in [0.5, 0.6) is 5.75 Å². The molecule has 1 atom stereocenters. The fourth-order valence-electron chi connectivity index (χ4n) is 4.72. The molecule has 1 N–H and O–H groups in total. The maximum absolute atomic E-state index is 11.4. The Hall–Kier alpha value is -2.33. The highest BCUT2D eigenvalue weighted by Gasteiger charge is 2.31. The molecule has 28 heavy (non-hydrogen) atoms. The number of hydrogen-bond acceptors (Lipinski definition) is 3. The summed E-state index contributed by atoms with van der Waals surface area (Å²) in [5.74, 6) is 2.12. The fraction of sp³-hybridized carbons (Fsp3) is 0.458. The molecule has 4 rings (SSSR count). The monoisotopic (exact) mass is 378 g/mol. The maximum Gasteiger partial charge on any atom is 0.119 e. The predicted molar refractivity (Wildman–Crippen MR) is 112 cm³/mol. The number of fused-ring (bicyclic) bond motifs is 1. The Balaban J connectivity index is 1.54. The molecule has 0 unspecified atom stereocenters. The lowest BCUT2D eigenvalue weighted by Crippen LogP contribution is -2.22. The number of hydrogen-bond donors (Lipinski definition) is 1. The first kappa shape index (κ1) is 19.0. The highest BCUT2D eigenvalue weighted by Crippen LogP contribution is 2.42. The first-order valence-electron chi connectivity index (χ1n) is 10.4. The van der Waals surface area contributed by atoms with Crippen LogP contribution >= 0.6 is 0 Å². The maximum atomic E-state index is 11.4. The zero-order valence-electron chi connectivity index (χ0n) is 17.0. The van der Waals surface area contributed by atoms with Crippen LogP contribution in [0.2, 0.25) is 0 Å². The van der Waals surface area contributed by atoms with Crippen LogP contribution in [0.1, 0.15) is 74.3 Å². The first-order valence-corrected chi connectivity index (χ1v) is 10.4. The van der Waals surface area contributed by atoms with E-state index in [0.717, 1.165) is 42.6 Å². The smallest absolute Gasteiger partial charge is 0.119 e. The molecule has 0 saturated heterocycles. The van der Waals surface area contributed by atoms with Crippen LogP contribution in [-0.2, 0) is 0 Å². The van der Waals surface area contributed by atoms with Gasteiger partial charge in [-0.05, 0) is 72.8 Å². The van der Waals surface area contributed by atoms with Crippen LogP contribution in [0.15, 0.2) is 48.9 Å². The van der Waals surface area contributed by atoms with Crippen LogP contribution in [0, 0.1) is 5.92 Å². The van der Waals surface area contributed by atoms with Crippen molar-refractivity contribution in [3.05, 3.63) is 65.7 Å². The summed E-state index contributed by atoms with van der Waals surface area (Å²) in [4.78, 5) is 4.30. The van der Waals surface area contributed by atoms with Gasteiger partial charge in [0.15, 0.2) is 0 Å². The van der Waals surface area contributed by atoms with Gasteiger partial charge in [-0.25, -0.2) is 4.98 Å². The molecule has 0 spiro atoms. The molecule has 1 aromatic carbocycles. The van der Waals surface area contributed by atoms with Crippen molar-refractivity contribution >= 4 is 5.52 Å². The predicted octanol–water partition coefficient (Wildman–Crippen LogP) is 5.47. The van der Waals surface area contributed by atoms with Gasteiger partial charge >= 0.3 is 0 Å². The van der Waals surface area contributed by atoms with E-state index in [2.05, 4.69) is 53.6 Å². The van der Waals surface area contributed by atoms with Crippen LogP contribution < -0.4 is 4.74 Å². The Morgan fingerprint density at radius 3 is 2.61 bits per heavy atom. The summed E-state index contributed by atoms with van der Waals surface area (Å²) in [5, 5.41) is 11.4. The molecule has 3 aromatic rings. The summed E-state index contributed by atoms with van der Waals surface area (Å²) >= 11 is 0. The van der Waals surface area contributed by atoms with Crippen molar-refractivity contribution in [3.63, 3.8) is 0 Å². The minimum atomic E-state index is -0.457. The summed E-state index contributed by atoms with van der Waals surface area (Å²) in [6.45, 7) is 4.38. The van der Waals surface area contributed by atoms with Gasteiger partial charge in [0.05, 0.1) is 36.9 Å². The summed E-state index contributed by atoms with van der Waals surface area (Å²) in [5.41, 5.74) is 4.64. The molecule has 1 aliphatic carbocycles. The lowest BCUT2D eigenvalue weighted by atomic mass is 9.75. The molecule has 148 valence electrons. The second-order valence-corrected chi connectivity index (χ2v) is 8.35. The van der Waals surface area contributed by atoms with Crippen molar-refractivity contribution < 1.29 is 9.84 Å². The number of nitrogens with zero attached hydrogens (tertiary/aromatic N) is 2. The van der Waals surface area contributed by atoms with Gasteiger partial charge < -0.3 is 14.2 Å². The van der Waals surface area contributed by atoms with Crippen LogP contribution in [0.25, 0.3) is 5.52 Å². The number of pyridine rings is 1. The highest BCUT2D eigenvalue weighted by molar-refractivity contribution is 5.49. The third-order valence-corrected chi connectivity index (χ3v) is 6.34. The Labute approximate surface area is 167 Å². The molecular weight excluding hydrogens is 348 g/mol. The minimum absolute atomic E-state index is 0.285. The van der Waals surface area contributed by atoms with E-state index in [1.807, 2.05) is 18.6 Å². The molecule has 1 fully saturated rings. The van der Waals surface area contributed by atoms with Gasteiger partial charge in [-0.2, -0.15) is 0 Å². The standard InChI is InChI=1S/C24H30N2O2/c1-16(2)22-12-11-20-14-25-15-26(20)23(22)24(27)18-9-7-17(8-10-18)19-5-4-6-21(13-19)28-3/h4-6,11-18,24,27H,7-10H2,1-3H3/t17-,18-,24-/m0/s1. The molecule has 2 aromatic heterocycles.